The van der Waals surface area contributed by atoms with Crippen LogP contribution in [-0.2, 0) is 12.7 Å². The van der Waals surface area contributed by atoms with Gasteiger partial charge in [0.25, 0.3) is 0 Å². The summed E-state index contributed by atoms with van der Waals surface area (Å²) in [6, 6.07) is 4.18. The number of allylic oxidation sites excluding steroid dienone is 1. The quantitative estimate of drug-likeness (QED) is 0.626. The smallest absolute Gasteiger partial charge is 0.381 e. The Morgan fingerprint density at radius 1 is 1.10 bits per heavy atom. The molecule has 0 saturated carbocycles. The third kappa shape index (κ3) is 3.53. The van der Waals surface area contributed by atoms with Gasteiger partial charge >= 0.3 is 6.18 Å². The fourth-order valence-electron chi connectivity index (χ4n) is 3.16. The number of benzene rings is 1. The zero-order valence-electron chi connectivity index (χ0n) is 15.3. The van der Waals surface area contributed by atoms with E-state index in [9.17, 15) is 17.6 Å². The van der Waals surface area contributed by atoms with Crippen molar-refractivity contribution in [3.05, 3.63) is 53.2 Å². The summed E-state index contributed by atoms with van der Waals surface area (Å²) >= 11 is 0. The first kappa shape index (κ1) is 18.9. The minimum Gasteiger partial charge on any atom is -0.381 e. The molecule has 6 nitrogen and oxygen atoms in total. The molecule has 3 N–H and O–H groups in total. The maximum absolute atomic E-state index is 14.5. The van der Waals surface area contributed by atoms with Crippen molar-refractivity contribution >= 4 is 23.4 Å². The molecule has 0 saturated heterocycles. The van der Waals surface area contributed by atoms with Gasteiger partial charge in [-0.1, -0.05) is 6.08 Å². The van der Waals surface area contributed by atoms with Crippen LogP contribution in [0.3, 0.4) is 0 Å². The average molecular weight is 404 g/mol. The van der Waals surface area contributed by atoms with E-state index < -0.39 is 17.6 Å². The molecular weight excluding hydrogens is 388 g/mol. The van der Waals surface area contributed by atoms with Crippen LogP contribution in [0.2, 0.25) is 0 Å². The third-order valence-corrected chi connectivity index (χ3v) is 4.52. The topological polar surface area (TPSA) is 81.7 Å². The molecule has 2 aromatic heterocycles. The first-order chi connectivity index (χ1) is 13.7. The number of imidazole rings is 1. The molecule has 3 aromatic rings. The molecule has 150 valence electrons. The standard InChI is InChI=1S/C19H16F4N6/c1-10-15(29-9-3-2-4-13(29)25-10)18-27-16(24)14(20)17(28-18)26-12-7-5-11(6-8-12)19(21,22)23/h2,4-8H,3,9H2,1H3,(H3,24,26,27,28). The molecule has 0 fully saturated rings. The van der Waals surface area contributed by atoms with Gasteiger partial charge in [0.2, 0.25) is 5.82 Å². The molecule has 1 aromatic carbocycles. The average Bonchev–Trinajstić information content (AvgIpc) is 3.00. The van der Waals surface area contributed by atoms with Crippen LogP contribution in [-0.4, -0.2) is 19.5 Å². The second-order valence-electron chi connectivity index (χ2n) is 6.54. The summed E-state index contributed by atoms with van der Waals surface area (Å²) in [6.45, 7) is 2.46. The van der Waals surface area contributed by atoms with E-state index in [0.29, 0.717) is 17.9 Å². The highest BCUT2D eigenvalue weighted by Gasteiger charge is 2.30. The number of rotatable bonds is 3. The van der Waals surface area contributed by atoms with Crippen LogP contribution >= 0.6 is 0 Å². The van der Waals surface area contributed by atoms with Crippen molar-refractivity contribution in [3.8, 4) is 11.5 Å². The SMILES string of the molecule is Cc1nc2n(c1-c1nc(N)c(F)c(Nc3ccc(C(F)(F)F)cc3)n1)CCC=C2. The van der Waals surface area contributed by atoms with Crippen LogP contribution in [0, 0.1) is 12.7 Å². The van der Waals surface area contributed by atoms with Gasteiger partial charge in [-0.25, -0.2) is 15.0 Å². The summed E-state index contributed by atoms with van der Waals surface area (Å²) in [7, 11) is 0. The molecule has 0 bridgehead atoms. The number of hydrogen-bond donors (Lipinski definition) is 2. The summed E-state index contributed by atoms with van der Waals surface area (Å²) in [6.07, 6.45) is 0.240. The molecule has 0 amide bonds. The number of aromatic nitrogens is 4. The molecule has 0 radical (unpaired) electrons. The summed E-state index contributed by atoms with van der Waals surface area (Å²) in [5.74, 6) is -0.554. The minimum absolute atomic E-state index is 0.185. The largest absolute Gasteiger partial charge is 0.416 e. The summed E-state index contributed by atoms with van der Waals surface area (Å²) in [5.41, 5.74) is 6.44. The highest BCUT2D eigenvalue weighted by Crippen LogP contribution is 2.32. The van der Waals surface area contributed by atoms with Crippen LogP contribution in [0.15, 0.2) is 30.3 Å². The van der Waals surface area contributed by atoms with Crippen LogP contribution in [0.5, 0.6) is 0 Å². The number of nitrogen functional groups attached to an aromatic ring is 1. The van der Waals surface area contributed by atoms with Crippen LogP contribution in [0.1, 0.15) is 23.5 Å². The van der Waals surface area contributed by atoms with Crippen LogP contribution in [0.25, 0.3) is 17.6 Å². The second-order valence-corrected chi connectivity index (χ2v) is 6.54. The molecule has 4 rings (SSSR count). The molecule has 0 spiro atoms. The number of anilines is 3. The van der Waals surface area contributed by atoms with E-state index in [2.05, 4.69) is 20.3 Å². The van der Waals surface area contributed by atoms with Gasteiger partial charge in [-0.15, -0.1) is 0 Å². The van der Waals surface area contributed by atoms with E-state index in [1.54, 1.807) is 6.92 Å². The summed E-state index contributed by atoms with van der Waals surface area (Å²) in [5, 5.41) is 2.68. The Bertz CT molecular complexity index is 1100. The molecule has 1 aliphatic heterocycles. The monoisotopic (exact) mass is 404 g/mol. The molecule has 10 heteroatoms. The van der Waals surface area contributed by atoms with Crippen LogP contribution in [0.4, 0.5) is 34.9 Å². The fraction of sp³-hybridized carbons (Fsp3) is 0.211. The van der Waals surface area contributed by atoms with Crippen LogP contribution < -0.4 is 11.1 Å². The highest BCUT2D eigenvalue weighted by molar-refractivity contribution is 5.66. The van der Waals surface area contributed by atoms with Crippen molar-refractivity contribution in [2.45, 2.75) is 26.1 Å². The van der Waals surface area contributed by atoms with Crippen molar-refractivity contribution in [2.24, 2.45) is 0 Å². The van der Waals surface area contributed by atoms with Gasteiger partial charge in [-0.05, 0) is 43.7 Å². The lowest BCUT2D eigenvalue weighted by Crippen LogP contribution is -2.10. The van der Waals surface area contributed by atoms with E-state index in [0.717, 1.165) is 24.4 Å². The lowest BCUT2D eigenvalue weighted by Gasteiger charge is -2.14. The number of fused-ring (bicyclic) bond motifs is 1. The number of hydrogen-bond acceptors (Lipinski definition) is 5. The number of nitrogens with one attached hydrogen (secondary N) is 1. The Morgan fingerprint density at radius 3 is 2.52 bits per heavy atom. The number of alkyl halides is 3. The minimum atomic E-state index is -4.45. The molecule has 1 aliphatic rings. The maximum Gasteiger partial charge on any atom is 0.416 e. The lowest BCUT2D eigenvalue weighted by molar-refractivity contribution is -0.137. The Hall–Kier alpha value is -3.43. The van der Waals surface area contributed by atoms with Crippen molar-refractivity contribution in [1.29, 1.82) is 0 Å². The Kier molecular flexibility index (Phi) is 4.48. The van der Waals surface area contributed by atoms with Gasteiger partial charge in [0, 0.05) is 12.2 Å². The number of nitrogens with zero attached hydrogens (tertiary/aromatic N) is 4. The number of halogens is 4. The van der Waals surface area contributed by atoms with E-state index in [-0.39, 0.29) is 23.1 Å². The molecule has 0 aliphatic carbocycles. The van der Waals surface area contributed by atoms with Gasteiger partial charge in [-0.3, -0.25) is 0 Å². The van der Waals surface area contributed by atoms with Gasteiger partial charge in [0.15, 0.2) is 17.5 Å². The predicted octanol–water partition coefficient (Wildman–Crippen LogP) is 4.55. The Balaban J connectivity index is 1.72. The Labute approximate surface area is 163 Å². The zero-order chi connectivity index (χ0) is 20.8. The predicted molar refractivity (Wildman–Crippen MR) is 101 cm³/mol. The van der Waals surface area contributed by atoms with Crippen molar-refractivity contribution in [2.75, 3.05) is 11.1 Å². The zero-order valence-corrected chi connectivity index (χ0v) is 15.3. The van der Waals surface area contributed by atoms with E-state index in [4.69, 9.17) is 5.73 Å². The van der Waals surface area contributed by atoms with Gasteiger partial charge < -0.3 is 15.6 Å². The normalized spacial score (nSPS) is 13.4. The molecule has 29 heavy (non-hydrogen) atoms. The number of nitrogens with two attached hydrogens (primary N) is 1. The van der Waals surface area contributed by atoms with E-state index >= 15 is 0 Å². The summed E-state index contributed by atoms with van der Waals surface area (Å²) in [4.78, 5) is 12.7. The lowest BCUT2D eigenvalue weighted by atomic mass is 10.2. The van der Waals surface area contributed by atoms with Crippen molar-refractivity contribution < 1.29 is 17.6 Å². The molecule has 3 heterocycles. The number of aryl methyl sites for hydroxylation is 1. The molecule has 0 unspecified atom stereocenters. The Morgan fingerprint density at radius 2 is 1.83 bits per heavy atom. The van der Waals surface area contributed by atoms with E-state index in [1.807, 2.05) is 16.7 Å². The van der Waals surface area contributed by atoms with Crippen molar-refractivity contribution in [3.63, 3.8) is 0 Å². The van der Waals surface area contributed by atoms with Gasteiger partial charge in [0.1, 0.15) is 11.5 Å². The van der Waals surface area contributed by atoms with Gasteiger partial charge in [0.05, 0.1) is 11.3 Å². The fourth-order valence-corrected chi connectivity index (χ4v) is 3.16. The third-order valence-electron chi connectivity index (χ3n) is 4.52. The first-order valence-corrected chi connectivity index (χ1v) is 8.75. The second kappa shape index (κ2) is 6.87. The first-order valence-electron chi connectivity index (χ1n) is 8.75. The van der Waals surface area contributed by atoms with Gasteiger partial charge in [-0.2, -0.15) is 17.6 Å². The molecule has 0 atom stereocenters. The van der Waals surface area contributed by atoms with Crippen molar-refractivity contribution in [1.82, 2.24) is 19.5 Å². The molecular formula is C19H16F4N6. The van der Waals surface area contributed by atoms with E-state index in [1.165, 1.54) is 12.1 Å². The summed E-state index contributed by atoms with van der Waals surface area (Å²) < 4.78 is 54.6. The maximum atomic E-state index is 14.5. The highest BCUT2D eigenvalue weighted by atomic mass is 19.4.